The van der Waals surface area contributed by atoms with Crippen LogP contribution < -0.4 is 10.9 Å². The summed E-state index contributed by atoms with van der Waals surface area (Å²) in [4.78, 5) is 16.3. The number of hydrogen-bond donors (Lipinski definition) is 1. The summed E-state index contributed by atoms with van der Waals surface area (Å²) in [5, 5.41) is 11.9. The fourth-order valence-electron chi connectivity index (χ4n) is 2.11. The second kappa shape index (κ2) is 5.65. The van der Waals surface area contributed by atoms with Crippen molar-refractivity contribution in [3.63, 3.8) is 0 Å². The highest BCUT2D eigenvalue weighted by atomic mass is 32.1. The summed E-state index contributed by atoms with van der Waals surface area (Å²) < 4.78 is 6.61. The highest BCUT2D eigenvalue weighted by Gasteiger charge is 2.09. The lowest BCUT2D eigenvalue weighted by atomic mass is 10.2. The number of aromatic nitrogens is 4. The molecule has 0 radical (unpaired) electrons. The van der Waals surface area contributed by atoms with E-state index in [1.54, 1.807) is 0 Å². The van der Waals surface area contributed by atoms with E-state index >= 15 is 0 Å². The van der Waals surface area contributed by atoms with E-state index in [-0.39, 0.29) is 5.56 Å². The van der Waals surface area contributed by atoms with Crippen molar-refractivity contribution in [3.05, 3.63) is 64.7 Å². The molecule has 0 aliphatic rings. The lowest BCUT2D eigenvalue weighted by molar-refractivity contribution is 0.424. The molecule has 0 saturated carbocycles. The first kappa shape index (κ1) is 13.6. The van der Waals surface area contributed by atoms with Gasteiger partial charge in [-0.15, -0.1) is 5.10 Å². The molecule has 0 aliphatic heterocycles. The predicted octanol–water partition coefficient (Wildman–Crippen LogP) is 2.42. The number of rotatable bonds is 4. The van der Waals surface area contributed by atoms with Gasteiger partial charge < -0.3 is 9.84 Å². The summed E-state index contributed by atoms with van der Waals surface area (Å²) in [6.07, 6.45) is 1.48. The zero-order valence-corrected chi connectivity index (χ0v) is 12.7. The molecule has 8 heteroatoms. The Kier molecular flexibility index (Phi) is 3.35. The van der Waals surface area contributed by atoms with E-state index in [2.05, 4.69) is 20.6 Å². The quantitative estimate of drug-likeness (QED) is 0.620. The molecule has 0 bridgehead atoms. The minimum absolute atomic E-state index is 0.202. The van der Waals surface area contributed by atoms with Gasteiger partial charge in [0.05, 0.1) is 6.54 Å². The van der Waals surface area contributed by atoms with Crippen LogP contribution in [0.1, 0.15) is 5.69 Å². The third kappa shape index (κ3) is 2.71. The van der Waals surface area contributed by atoms with E-state index in [1.807, 2.05) is 36.4 Å². The van der Waals surface area contributed by atoms with E-state index in [1.165, 1.54) is 28.1 Å². The van der Waals surface area contributed by atoms with Crippen LogP contribution in [0.2, 0.25) is 0 Å². The number of hydrogen-bond acceptors (Lipinski definition) is 7. The van der Waals surface area contributed by atoms with Crippen LogP contribution in [0.3, 0.4) is 0 Å². The summed E-state index contributed by atoms with van der Waals surface area (Å²) >= 11 is 1.31. The van der Waals surface area contributed by atoms with Crippen LogP contribution in [0.4, 0.5) is 5.13 Å². The third-order valence-electron chi connectivity index (χ3n) is 3.21. The Labute approximate surface area is 134 Å². The molecule has 4 aromatic rings. The van der Waals surface area contributed by atoms with Crippen molar-refractivity contribution in [2.75, 3.05) is 5.32 Å². The molecule has 114 valence electrons. The van der Waals surface area contributed by atoms with Gasteiger partial charge >= 0.3 is 0 Å². The van der Waals surface area contributed by atoms with Crippen molar-refractivity contribution >= 4 is 21.4 Å². The summed E-state index contributed by atoms with van der Waals surface area (Å²) in [5.74, 6) is 0.713. The van der Waals surface area contributed by atoms with Crippen LogP contribution in [0.25, 0.3) is 16.3 Å². The molecule has 0 fully saturated rings. The first-order valence-corrected chi connectivity index (χ1v) is 7.71. The molecule has 3 heterocycles. The second-order valence-corrected chi connectivity index (χ2v) is 5.74. The SMILES string of the molecule is O=c1ccnc2sc(NCc3cc(-c4ccccc4)on3)nn12. The first-order valence-electron chi connectivity index (χ1n) is 6.89. The molecule has 1 aromatic carbocycles. The summed E-state index contributed by atoms with van der Waals surface area (Å²) in [6.45, 7) is 0.449. The molecule has 3 aromatic heterocycles. The van der Waals surface area contributed by atoms with Crippen LogP contribution in [0, 0.1) is 0 Å². The molecule has 4 rings (SSSR count). The Morgan fingerprint density at radius 3 is 2.91 bits per heavy atom. The maximum Gasteiger partial charge on any atom is 0.275 e. The van der Waals surface area contributed by atoms with E-state index in [0.717, 1.165) is 11.3 Å². The molecule has 7 nitrogen and oxygen atoms in total. The van der Waals surface area contributed by atoms with Gasteiger partial charge in [-0.05, 0) is 0 Å². The van der Waals surface area contributed by atoms with Gasteiger partial charge in [-0.25, -0.2) is 4.98 Å². The van der Waals surface area contributed by atoms with E-state index in [9.17, 15) is 4.79 Å². The first-order chi connectivity index (χ1) is 11.3. The molecule has 23 heavy (non-hydrogen) atoms. The smallest absolute Gasteiger partial charge is 0.275 e. The van der Waals surface area contributed by atoms with Gasteiger partial charge in [-0.1, -0.05) is 46.8 Å². The van der Waals surface area contributed by atoms with Crippen molar-refractivity contribution in [3.8, 4) is 11.3 Å². The number of benzene rings is 1. The standard InChI is InChI=1S/C15H11N5O2S/c21-13-6-7-16-15-20(13)18-14(23-15)17-9-11-8-12(22-19-11)10-4-2-1-3-5-10/h1-8H,9H2,(H,17,18). The Balaban J connectivity index is 1.51. The van der Waals surface area contributed by atoms with E-state index < -0.39 is 0 Å². The van der Waals surface area contributed by atoms with Crippen LogP contribution in [0.5, 0.6) is 0 Å². The Morgan fingerprint density at radius 2 is 2.09 bits per heavy atom. The van der Waals surface area contributed by atoms with Crippen molar-refractivity contribution in [1.29, 1.82) is 0 Å². The fourth-order valence-corrected chi connectivity index (χ4v) is 2.89. The van der Waals surface area contributed by atoms with Crippen LogP contribution in [0.15, 0.2) is 58.0 Å². The maximum atomic E-state index is 11.6. The highest BCUT2D eigenvalue weighted by Crippen LogP contribution is 2.21. The maximum absolute atomic E-state index is 11.6. The van der Waals surface area contributed by atoms with Gasteiger partial charge in [0.15, 0.2) is 5.76 Å². The number of nitrogens with one attached hydrogen (secondary N) is 1. The van der Waals surface area contributed by atoms with Gasteiger partial charge in [0, 0.05) is 23.9 Å². The molecular weight excluding hydrogens is 314 g/mol. The van der Waals surface area contributed by atoms with Gasteiger partial charge in [0.25, 0.3) is 5.56 Å². The molecule has 0 amide bonds. The second-order valence-electron chi connectivity index (χ2n) is 4.79. The Bertz CT molecular complexity index is 1010. The van der Waals surface area contributed by atoms with Crippen molar-refractivity contribution in [1.82, 2.24) is 19.8 Å². The number of nitrogens with zero attached hydrogens (tertiary/aromatic N) is 4. The Morgan fingerprint density at radius 1 is 1.22 bits per heavy atom. The zero-order valence-electron chi connectivity index (χ0n) is 11.8. The van der Waals surface area contributed by atoms with Gasteiger partial charge in [0.2, 0.25) is 10.1 Å². The lowest BCUT2D eigenvalue weighted by Crippen LogP contribution is -2.12. The van der Waals surface area contributed by atoms with Crippen molar-refractivity contribution < 1.29 is 4.52 Å². The zero-order chi connectivity index (χ0) is 15.6. The summed E-state index contributed by atoms with van der Waals surface area (Å²) in [5.41, 5.74) is 1.53. The number of anilines is 1. The average Bonchev–Trinajstić information content (AvgIpc) is 3.21. The van der Waals surface area contributed by atoms with Crippen molar-refractivity contribution in [2.24, 2.45) is 0 Å². The van der Waals surface area contributed by atoms with Crippen LogP contribution in [-0.4, -0.2) is 19.8 Å². The van der Waals surface area contributed by atoms with Crippen molar-refractivity contribution in [2.45, 2.75) is 6.54 Å². The van der Waals surface area contributed by atoms with Crippen LogP contribution >= 0.6 is 11.3 Å². The number of fused-ring (bicyclic) bond motifs is 1. The molecule has 0 aliphatic carbocycles. The largest absolute Gasteiger partial charge is 0.356 e. The van der Waals surface area contributed by atoms with Gasteiger partial charge in [-0.3, -0.25) is 4.79 Å². The molecule has 0 unspecified atom stereocenters. The normalized spacial score (nSPS) is 11.0. The highest BCUT2D eigenvalue weighted by molar-refractivity contribution is 7.20. The molecule has 0 spiro atoms. The summed E-state index contributed by atoms with van der Waals surface area (Å²) in [7, 11) is 0. The topological polar surface area (TPSA) is 85.3 Å². The van der Waals surface area contributed by atoms with E-state index in [0.29, 0.717) is 22.4 Å². The predicted molar refractivity (Wildman–Crippen MR) is 86.4 cm³/mol. The minimum atomic E-state index is -0.202. The average molecular weight is 325 g/mol. The van der Waals surface area contributed by atoms with Crippen LogP contribution in [-0.2, 0) is 6.54 Å². The third-order valence-corrected chi connectivity index (χ3v) is 4.09. The molecule has 0 saturated heterocycles. The molecular formula is C15H11N5O2S. The Hall–Kier alpha value is -3.00. The fraction of sp³-hybridized carbons (Fsp3) is 0.0667. The van der Waals surface area contributed by atoms with Gasteiger partial charge in [-0.2, -0.15) is 4.52 Å². The monoisotopic (exact) mass is 325 g/mol. The lowest BCUT2D eigenvalue weighted by Gasteiger charge is -1.95. The molecule has 0 atom stereocenters. The minimum Gasteiger partial charge on any atom is -0.356 e. The van der Waals surface area contributed by atoms with E-state index in [4.69, 9.17) is 4.52 Å². The summed E-state index contributed by atoms with van der Waals surface area (Å²) in [6, 6.07) is 13.0. The molecule has 1 N–H and O–H groups in total. The van der Waals surface area contributed by atoms with Gasteiger partial charge in [0.1, 0.15) is 5.69 Å².